The summed E-state index contributed by atoms with van der Waals surface area (Å²) in [5.41, 5.74) is 4.75. The Morgan fingerprint density at radius 1 is 0.902 bits per heavy atom. The van der Waals surface area contributed by atoms with Gasteiger partial charge in [-0.2, -0.15) is 4.98 Å². The smallest absolute Gasteiger partial charge is 0.247 e. The minimum absolute atomic E-state index is 0.0000344. The Morgan fingerprint density at radius 2 is 1.56 bits per heavy atom. The van der Waals surface area contributed by atoms with Gasteiger partial charge in [-0.15, -0.1) is 5.10 Å². The SMILES string of the molecule is CCOc1cc(S(=O)(=O)CC)ccc1Nc1nc2ccc(-c3ccc(CC(=O)Cc4ccc(F)cc4)cc3)cn2n1. The Labute approximate surface area is 237 Å². The third kappa shape index (κ3) is 6.60. The van der Waals surface area contributed by atoms with Crippen LogP contribution in [0.25, 0.3) is 16.8 Å². The lowest BCUT2D eigenvalue weighted by atomic mass is 10.0. The second kappa shape index (κ2) is 11.9. The number of benzene rings is 3. The molecule has 3 aromatic carbocycles. The number of nitrogens with one attached hydrogen (secondary N) is 1. The second-order valence-corrected chi connectivity index (χ2v) is 11.8. The van der Waals surface area contributed by atoms with Crippen molar-refractivity contribution in [2.24, 2.45) is 0 Å². The van der Waals surface area contributed by atoms with Crippen LogP contribution in [-0.2, 0) is 27.5 Å². The number of carbonyl (C=O) groups excluding carboxylic acids is 1. The van der Waals surface area contributed by atoms with E-state index in [1.807, 2.05) is 49.5 Å². The molecule has 0 saturated carbocycles. The zero-order valence-electron chi connectivity index (χ0n) is 22.7. The lowest BCUT2D eigenvalue weighted by Crippen LogP contribution is -2.06. The van der Waals surface area contributed by atoms with E-state index in [1.165, 1.54) is 24.3 Å². The molecule has 5 rings (SSSR count). The van der Waals surface area contributed by atoms with Crippen LogP contribution in [0.2, 0.25) is 0 Å². The molecule has 0 saturated heterocycles. The summed E-state index contributed by atoms with van der Waals surface area (Å²) in [5.74, 6) is 0.477. The molecule has 0 aliphatic rings. The number of carbonyl (C=O) groups is 1. The molecule has 0 aliphatic heterocycles. The fourth-order valence-corrected chi connectivity index (χ4v) is 5.30. The predicted molar refractivity (Wildman–Crippen MR) is 156 cm³/mol. The summed E-state index contributed by atoms with van der Waals surface area (Å²) >= 11 is 0. The molecule has 10 heteroatoms. The Hall–Kier alpha value is -4.57. The van der Waals surface area contributed by atoms with E-state index in [0.717, 1.165) is 22.3 Å². The average molecular weight is 573 g/mol. The molecule has 0 atom stereocenters. The first-order chi connectivity index (χ1) is 19.7. The molecule has 41 heavy (non-hydrogen) atoms. The number of fused-ring (bicyclic) bond motifs is 1. The van der Waals surface area contributed by atoms with Gasteiger partial charge in [0.05, 0.1) is 22.9 Å². The molecule has 0 radical (unpaired) electrons. The largest absolute Gasteiger partial charge is 0.492 e. The van der Waals surface area contributed by atoms with Crippen LogP contribution in [0, 0.1) is 5.82 Å². The number of anilines is 2. The highest BCUT2D eigenvalue weighted by molar-refractivity contribution is 7.91. The van der Waals surface area contributed by atoms with Gasteiger partial charge < -0.3 is 10.1 Å². The first kappa shape index (κ1) is 28.0. The minimum Gasteiger partial charge on any atom is -0.492 e. The summed E-state index contributed by atoms with van der Waals surface area (Å²) in [7, 11) is -3.37. The molecular formula is C31H29FN4O4S. The number of halogens is 1. The number of rotatable bonds is 11. The summed E-state index contributed by atoms with van der Waals surface area (Å²) in [6.45, 7) is 3.80. The molecule has 210 valence electrons. The Kier molecular flexibility index (Phi) is 8.11. The summed E-state index contributed by atoms with van der Waals surface area (Å²) in [6.07, 6.45) is 2.42. The molecule has 0 unspecified atom stereocenters. The Bertz CT molecular complexity index is 1800. The van der Waals surface area contributed by atoms with Crippen LogP contribution in [0.3, 0.4) is 0 Å². The van der Waals surface area contributed by atoms with Crippen LogP contribution in [0.4, 0.5) is 16.0 Å². The van der Waals surface area contributed by atoms with E-state index in [-0.39, 0.29) is 28.7 Å². The van der Waals surface area contributed by atoms with E-state index in [9.17, 15) is 17.6 Å². The monoisotopic (exact) mass is 572 g/mol. The minimum atomic E-state index is -3.37. The van der Waals surface area contributed by atoms with Crippen LogP contribution in [0.15, 0.2) is 90.0 Å². The van der Waals surface area contributed by atoms with E-state index < -0.39 is 9.84 Å². The molecule has 0 bridgehead atoms. The lowest BCUT2D eigenvalue weighted by molar-refractivity contribution is -0.117. The van der Waals surface area contributed by atoms with Crippen molar-refractivity contribution in [1.82, 2.24) is 14.6 Å². The van der Waals surface area contributed by atoms with Crippen molar-refractivity contribution in [2.45, 2.75) is 31.6 Å². The van der Waals surface area contributed by atoms with Crippen molar-refractivity contribution in [3.8, 4) is 16.9 Å². The number of sulfone groups is 1. The van der Waals surface area contributed by atoms with Crippen molar-refractivity contribution in [1.29, 1.82) is 0 Å². The molecule has 1 N–H and O–H groups in total. The first-order valence-corrected chi connectivity index (χ1v) is 14.9. The second-order valence-electron chi connectivity index (χ2n) is 9.49. The van der Waals surface area contributed by atoms with Crippen LogP contribution in [0.1, 0.15) is 25.0 Å². The highest BCUT2D eigenvalue weighted by Gasteiger charge is 2.16. The van der Waals surface area contributed by atoms with Crippen molar-refractivity contribution in [3.63, 3.8) is 0 Å². The summed E-state index contributed by atoms with van der Waals surface area (Å²) in [5, 5.41) is 7.67. The molecule has 2 heterocycles. The number of aromatic nitrogens is 3. The predicted octanol–water partition coefficient (Wildman–Crippen LogP) is 5.83. The van der Waals surface area contributed by atoms with Crippen LogP contribution in [-0.4, -0.2) is 41.2 Å². The van der Waals surface area contributed by atoms with Gasteiger partial charge in [0.25, 0.3) is 0 Å². The standard InChI is InChI=1S/C31H29FN4O4S/c1-3-40-29-19-27(41(38,39)4-2)14-15-28(29)33-31-34-30-16-11-24(20-36(30)35-31)23-9-5-21(6-10-23)17-26(37)18-22-7-12-25(32)13-8-22/h5-16,19-20H,3-4,17-18H2,1-2H3,(H,33,35). The molecule has 8 nitrogen and oxygen atoms in total. The van der Waals surface area contributed by atoms with E-state index >= 15 is 0 Å². The molecule has 2 aromatic heterocycles. The highest BCUT2D eigenvalue weighted by atomic mass is 32.2. The third-order valence-electron chi connectivity index (χ3n) is 6.57. The van der Waals surface area contributed by atoms with Gasteiger partial charge in [-0.25, -0.2) is 17.3 Å². The Balaban J connectivity index is 1.30. The maximum atomic E-state index is 13.1. The third-order valence-corrected chi connectivity index (χ3v) is 8.30. The maximum Gasteiger partial charge on any atom is 0.247 e. The number of hydrogen-bond donors (Lipinski definition) is 1. The zero-order valence-corrected chi connectivity index (χ0v) is 23.5. The van der Waals surface area contributed by atoms with E-state index in [4.69, 9.17) is 4.74 Å². The average Bonchev–Trinajstić information content (AvgIpc) is 3.37. The molecule has 0 fully saturated rings. The molecule has 0 amide bonds. The van der Waals surface area contributed by atoms with E-state index in [0.29, 0.717) is 36.1 Å². The summed E-state index contributed by atoms with van der Waals surface area (Å²) < 4.78 is 45.1. The quantitative estimate of drug-likeness (QED) is 0.213. The van der Waals surface area contributed by atoms with Gasteiger partial charge in [0.15, 0.2) is 15.5 Å². The van der Waals surface area contributed by atoms with E-state index in [1.54, 1.807) is 29.6 Å². The fraction of sp³-hybridized carbons (Fsp3) is 0.194. The molecular weight excluding hydrogens is 543 g/mol. The van der Waals surface area contributed by atoms with E-state index in [2.05, 4.69) is 15.4 Å². The van der Waals surface area contributed by atoms with Gasteiger partial charge in [-0.3, -0.25) is 4.79 Å². The summed E-state index contributed by atoms with van der Waals surface area (Å²) in [4.78, 5) is 17.2. The van der Waals surface area contributed by atoms with Crippen LogP contribution in [0.5, 0.6) is 5.75 Å². The number of ketones is 1. The molecule has 0 aliphatic carbocycles. The van der Waals surface area contributed by atoms with Gasteiger partial charge in [0.2, 0.25) is 5.95 Å². The lowest BCUT2D eigenvalue weighted by Gasteiger charge is -2.12. The van der Waals surface area contributed by atoms with Crippen molar-refractivity contribution in [3.05, 3.63) is 102 Å². The fourth-order valence-electron chi connectivity index (χ4n) is 4.40. The first-order valence-electron chi connectivity index (χ1n) is 13.2. The van der Waals surface area contributed by atoms with Gasteiger partial charge in [-0.1, -0.05) is 43.3 Å². The topological polar surface area (TPSA) is 103 Å². The van der Waals surface area contributed by atoms with Crippen molar-refractivity contribution in [2.75, 3.05) is 17.7 Å². The Morgan fingerprint density at radius 3 is 2.22 bits per heavy atom. The highest BCUT2D eigenvalue weighted by Crippen LogP contribution is 2.31. The zero-order chi connectivity index (χ0) is 29.0. The molecule has 0 spiro atoms. The van der Waals surface area contributed by atoms with Gasteiger partial charge in [0.1, 0.15) is 17.3 Å². The summed E-state index contributed by atoms with van der Waals surface area (Å²) in [6, 6.07) is 22.2. The number of ether oxygens (including phenoxy) is 1. The number of Topliss-reactive ketones (excluding diaryl/α,β-unsaturated/α-hetero) is 1. The van der Waals surface area contributed by atoms with Crippen molar-refractivity contribution >= 4 is 32.9 Å². The van der Waals surface area contributed by atoms with Crippen LogP contribution < -0.4 is 10.1 Å². The van der Waals surface area contributed by atoms with Crippen LogP contribution >= 0.6 is 0 Å². The number of pyridine rings is 1. The molecule has 5 aromatic rings. The van der Waals surface area contributed by atoms with Gasteiger partial charge in [-0.05, 0) is 60.0 Å². The van der Waals surface area contributed by atoms with Gasteiger partial charge >= 0.3 is 0 Å². The van der Waals surface area contributed by atoms with Gasteiger partial charge in [0, 0.05) is 30.7 Å². The maximum absolute atomic E-state index is 13.1. The number of nitrogens with zero attached hydrogens (tertiary/aromatic N) is 3. The number of hydrogen-bond acceptors (Lipinski definition) is 7. The van der Waals surface area contributed by atoms with Crippen molar-refractivity contribution < 1.29 is 22.3 Å². The normalized spacial score (nSPS) is 11.5.